The van der Waals surface area contributed by atoms with Crippen molar-refractivity contribution in [3.8, 4) is 0 Å². The molecule has 0 aliphatic carbocycles. The predicted molar refractivity (Wildman–Crippen MR) is 34.5 cm³/mol. The molecule has 86 valence electrons. The molecule has 0 aromatic heterocycles. The highest BCUT2D eigenvalue weighted by atomic mass is 19.4. The Morgan fingerprint density at radius 2 is 1.14 bits per heavy atom. The second-order valence-corrected chi connectivity index (χ2v) is 2.39. The summed E-state index contributed by atoms with van der Waals surface area (Å²) in [7, 11) is 0. The number of aliphatic hydroxyl groups is 1. The van der Waals surface area contributed by atoms with E-state index in [4.69, 9.17) is 5.11 Å². The smallest absolute Gasteiger partial charge is 0.377 e. The van der Waals surface area contributed by atoms with Crippen molar-refractivity contribution >= 4 is 5.78 Å². The molecule has 0 spiro atoms. The van der Waals surface area contributed by atoms with Crippen molar-refractivity contribution in [2.45, 2.75) is 32.3 Å². The first kappa shape index (κ1) is 15.7. The Labute approximate surface area is 75.5 Å². The molecule has 0 rings (SSSR count). The monoisotopic (exact) mass is 226 g/mol. The molecule has 0 saturated carbocycles. The summed E-state index contributed by atoms with van der Waals surface area (Å²) in [6, 6.07) is 0. The zero-order chi connectivity index (χ0) is 12.2. The summed E-state index contributed by atoms with van der Waals surface area (Å²) in [5.41, 5.74) is 0. The van der Waals surface area contributed by atoms with Gasteiger partial charge in [-0.15, -0.1) is 0 Å². The van der Waals surface area contributed by atoms with Crippen LogP contribution in [0.3, 0.4) is 0 Å². The van der Waals surface area contributed by atoms with Gasteiger partial charge in [-0.3, -0.25) is 0 Å². The number of carbonyl (C=O) groups is 1. The van der Waals surface area contributed by atoms with Crippen molar-refractivity contribution in [3.05, 3.63) is 0 Å². The van der Waals surface area contributed by atoms with E-state index in [-0.39, 0.29) is 5.78 Å². The van der Waals surface area contributed by atoms with E-state index >= 15 is 0 Å². The minimum Gasteiger partial charge on any atom is -0.377 e. The summed E-state index contributed by atoms with van der Waals surface area (Å²) in [5, 5.41) is 7.47. The largest absolute Gasteiger partial charge is 0.423 e. The quantitative estimate of drug-likeness (QED) is 0.642. The standard InChI is InChI=1S/C3H2F6O.C3H6O/c4-2(5,6)1(10)3(7,8)9;1-3(2)4/h1,10H;1-2H3. The second-order valence-electron chi connectivity index (χ2n) is 2.39. The molecule has 0 aliphatic rings. The summed E-state index contributed by atoms with van der Waals surface area (Å²) >= 11 is 0. The van der Waals surface area contributed by atoms with Gasteiger partial charge in [-0.25, -0.2) is 0 Å². The Hall–Kier alpha value is -0.790. The summed E-state index contributed by atoms with van der Waals surface area (Å²) < 4.78 is 65.9. The average molecular weight is 226 g/mol. The van der Waals surface area contributed by atoms with Gasteiger partial charge in [-0.1, -0.05) is 0 Å². The van der Waals surface area contributed by atoms with Crippen LogP contribution in [0.25, 0.3) is 0 Å². The molecular weight excluding hydrogens is 218 g/mol. The van der Waals surface area contributed by atoms with E-state index in [1.165, 1.54) is 13.8 Å². The van der Waals surface area contributed by atoms with Gasteiger partial charge in [0.2, 0.25) is 6.10 Å². The van der Waals surface area contributed by atoms with Crippen LogP contribution in [0.4, 0.5) is 26.3 Å². The Balaban J connectivity index is 0. The number of hydrogen-bond acceptors (Lipinski definition) is 2. The zero-order valence-electron chi connectivity index (χ0n) is 7.20. The van der Waals surface area contributed by atoms with Crippen molar-refractivity contribution in [1.82, 2.24) is 0 Å². The van der Waals surface area contributed by atoms with Crippen molar-refractivity contribution in [1.29, 1.82) is 0 Å². The van der Waals surface area contributed by atoms with Crippen LogP contribution >= 0.6 is 0 Å². The minimum atomic E-state index is -5.63. The molecule has 0 aromatic rings. The topological polar surface area (TPSA) is 37.3 Å². The van der Waals surface area contributed by atoms with Crippen LogP contribution in [0.5, 0.6) is 0 Å². The SMILES string of the molecule is CC(C)=O.OC(C(F)(F)F)C(F)(F)F. The number of carbonyl (C=O) groups excluding carboxylic acids is 1. The molecular formula is C6H8F6O2. The fraction of sp³-hybridized carbons (Fsp3) is 0.833. The third-order valence-corrected chi connectivity index (χ3v) is 0.620. The van der Waals surface area contributed by atoms with Crippen molar-refractivity contribution in [2.75, 3.05) is 0 Å². The van der Waals surface area contributed by atoms with Crippen LogP contribution in [-0.2, 0) is 4.79 Å². The van der Waals surface area contributed by atoms with Crippen LogP contribution in [0, 0.1) is 0 Å². The van der Waals surface area contributed by atoms with E-state index < -0.39 is 18.5 Å². The summed E-state index contributed by atoms with van der Waals surface area (Å²) in [4.78, 5) is 9.44. The van der Waals surface area contributed by atoms with Gasteiger partial charge in [0, 0.05) is 0 Å². The van der Waals surface area contributed by atoms with Crippen molar-refractivity contribution < 1.29 is 36.2 Å². The maximum Gasteiger partial charge on any atom is 0.423 e. The molecule has 8 heteroatoms. The van der Waals surface area contributed by atoms with Gasteiger partial charge in [0.05, 0.1) is 0 Å². The molecule has 0 atom stereocenters. The molecule has 1 N–H and O–H groups in total. The third kappa shape index (κ3) is 9.30. The molecule has 0 fully saturated rings. The van der Waals surface area contributed by atoms with Gasteiger partial charge in [-0.2, -0.15) is 26.3 Å². The lowest BCUT2D eigenvalue weighted by Gasteiger charge is -2.16. The fourth-order valence-electron chi connectivity index (χ4n) is 0.186. The third-order valence-electron chi connectivity index (χ3n) is 0.620. The molecule has 0 amide bonds. The number of hydrogen-bond donors (Lipinski definition) is 1. The first-order valence-corrected chi connectivity index (χ1v) is 3.17. The number of aliphatic hydroxyl groups excluding tert-OH is 1. The number of ketones is 1. The van der Waals surface area contributed by atoms with Crippen LogP contribution in [-0.4, -0.2) is 29.3 Å². The average Bonchev–Trinajstić information content (AvgIpc) is 1.80. The van der Waals surface area contributed by atoms with Crippen molar-refractivity contribution in [2.24, 2.45) is 0 Å². The maximum atomic E-state index is 11.0. The van der Waals surface area contributed by atoms with E-state index in [0.717, 1.165) is 0 Å². The van der Waals surface area contributed by atoms with Gasteiger partial charge in [0.15, 0.2) is 0 Å². The maximum absolute atomic E-state index is 11.0. The molecule has 0 aliphatic heterocycles. The number of Topliss-reactive ketones (excluding diaryl/α,β-unsaturated/α-hetero) is 1. The normalized spacial score (nSPS) is 12.1. The first-order valence-electron chi connectivity index (χ1n) is 3.17. The van der Waals surface area contributed by atoms with Crippen LogP contribution in [0.15, 0.2) is 0 Å². The molecule has 0 unspecified atom stereocenters. The lowest BCUT2D eigenvalue weighted by molar-refractivity contribution is -0.308. The van der Waals surface area contributed by atoms with E-state index in [9.17, 15) is 31.1 Å². The van der Waals surface area contributed by atoms with E-state index in [1.54, 1.807) is 0 Å². The fourth-order valence-corrected chi connectivity index (χ4v) is 0.186. The lowest BCUT2D eigenvalue weighted by Crippen LogP contribution is -2.41. The van der Waals surface area contributed by atoms with Gasteiger partial charge in [0.1, 0.15) is 5.78 Å². The van der Waals surface area contributed by atoms with Gasteiger partial charge >= 0.3 is 12.4 Å². The highest BCUT2D eigenvalue weighted by molar-refractivity contribution is 5.72. The summed E-state index contributed by atoms with van der Waals surface area (Å²) in [5.74, 6) is 0.167. The first-order chi connectivity index (χ1) is 5.89. The number of alkyl halides is 6. The van der Waals surface area contributed by atoms with Crippen LogP contribution in [0.2, 0.25) is 0 Å². The van der Waals surface area contributed by atoms with E-state index in [1.807, 2.05) is 0 Å². The highest BCUT2D eigenvalue weighted by Gasteiger charge is 2.55. The van der Waals surface area contributed by atoms with Gasteiger partial charge in [-0.05, 0) is 13.8 Å². The van der Waals surface area contributed by atoms with Gasteiger partial charge < -0.3 is 9.90 Å². The predicted octanol–water partition coefficient (Wildman–Crippen LogP) is 2.07. The summed E-state index contributed by atoms with van der Waals surface area (Å²) in [6.45, 7) is 3.06. The minimum absolute atomic E-state index is 0.167. The Kier molecular flexibility index (Phi) is 5.80. The summed E-state index contributed by atoms with van der Waals surface area (Å²) in [6.07, 6.45) is -15.5. The molecule has 2 nitrogen and oxygen atoms in total. The Morgan fingerprint density at radius 3 is 1.14 bits per heavy atom. The molecule has 0 bridgehead atoms. The van der Waals surface area contributed by atoms with Crippen molar-refractivity contribution in [3.63, 3.8) is 0 Å². The molecule has 0 aromatic carbocycles. The lowest BCUT2D eigenvalue weighted by atomic mass is 10.3. The Morgan fingerprint density at radius 1 is 1.00 bits per heavy atom. The second kappa shape index (κ2) is 5.18. The molecule has 14 heavy (non-hydrogen) atoms. The molecule has 0 heterocycles. The van der Waals surface area contributed by atoms with Crippen LogP contribution in [0.1, 0.15) is 13.8 Å². The van der Waals surface area contributed by atoms with E-state index in [2.05, 4.69) is 0 Å². The highest BCUT2D eigenvalue weighted by Crippen LogP contribution is 2.32. The van der Waals surface area contributed by atoms with E-state index in [0.29, 0.717) is 0 Å². The van der Waals surface area contributed by atoms with Crippen LogP contribution < -0.4 is 0 Å². The number of rotatable bonds is 0. The van der Waals surface area contributed by atoms with Gasteiger partial charge in [0.25, 0.3) is 0 Å². The zero-order valence-corrected chi connectivity index (χ0v) is 7.20. The molecule has 0 radical (unpaired) electrons. The Bertz CT molecular complexity index is 164. The molecule has 0 saturated heterocycles. The number of halogens is 6.